The predicted molar refractivity (Wildman–Crippen MR) is 148 cm³/mol. The number of hydrogen-bond acceptors (Lipinski definition) is 7. The molecular weight excluding hydrogens is 520 g/mol. The number of allylic oxidation sites excluding steroid dienone is 1. The number of hydrogen-bond donors (Lipinski definition) is 1. The quantitative estimate of drug-likeness (QED) is 0.385. The van der Waals surface area contributed by atoms with Crippen LogP contribution in [0.5, 0.6) is 17.2 Å². The number of aryl methyl sites for hydroxylation is 1. The summed E-state index contributed by atoms with van der Waals surface area (Å²) in [6, 6.07) is 12.8. The number of benzene rings is 2. The van der Waals surface area contributed by atoms with E-state index >= 15 is 0 Å². The minimum absolute atomic E-state index is 0.172. The first kappa shape index (κ1) is 28.3. The lowest BCUT2D eigenvalue weighted by Crippen LogP contribution is -2.48. The summed E-state index contributed by atoms with van der Waals surface area (Å²) in [6.45, 7) is 8.59. The van der Waals surface area contributed by atoms with E-state index in [0.29, 0.717) is 48.3 Å². The number of anilines is 1. The van der Waals surface area contributed by atoms with Gasteiger partial charge in [0.15, 0.2) is 5.82 Å². The smallest absolute Gasteiger partial charge is 0.257 e. The summed E-state index contributed by atoms with van der Waals surface area (Å²) in [5.41, 5.74) is 1.42. The zero-order valence-electron chi connectivity index (χ0n) is 22.7. The van der Waals surface area contributed by atoms with Crippen LogP contribution in [-0.4, -0.2) is 60.3 Å². The molecule has 1 aromatic heterocycles. The molecule has 0 bridgehead atoms. The number of carbonyl (C=O) groups excluding carboxylic acids is 1. The summed E-state index contributed by atoms with van der Waals surface area (Å²) in [7, 11) is -1.91. The summed E-state index contributed by atoms with van der Waals surface area (Å²) >= 11 is 0. The lowest BCUT2D eigenvalue weighted by molar-refractivity contribution is -0.0440. The fraction of sp³-hybridized carbons (Fsp3) is 0.357. The summed E-state index contributed by atoms with van der Waals surface area (Å²) in [5, 5.41) is 6.94. The molecule has 1 aliphatic rings. The highest BCUT2D eigenvalue weighted by Crippen LogP contribution is 2.30. The minimum atomic E-state index is -3.68. The Balaban J connectivity index is 1.54. The number of sulfonamides is 1. The average molecular weight is 555 g/mol. The molecule has 0 spiro atoms. The molecule has 39 heavy (non-hydrogen) atoms. The van der Waals surface area contributed by atoms with Crippen LogP contribution in [-0.2, 0) is 21.8 Å². The Labute approximate surface area is 229 Å². The van der Waals surface area contributed by atoms with E-state index in [-0.39, 0.29) is 23.0 Å². The number of nitrogens with one attached hydrogen (secondary N) is 1. The van der Waals surface area contributed by atoms with Gasteiger partial charge in [-0.3, -0.25) is 9.48 Å². The van der Waals surface area contributed by atoms with Crippen molar-refractivity contribution < 1.29 is 27.4 Å². The maximum atomic E-state index is 13.2. The number of carbonyl (C=O) groups is 1. The van der Waals surface area contributed by atoms with Gasteiger partial charge in [-0.1, -0.05) is 5.57 Å². The maximum absolute atomic E-state index is 13.2. The van der Waals surface area contributed by atoms with E-state index in [9.17, 15) is 13.2 Å². The average Bonchev–Trinajstić information content (AvgIpc) is 3.27. The second-order valence-corrected chi connectivity index (χ2v) is 11.7. The first-order valence-corrected chi connectivity index (χ1v) is 14.1. The third-order valence-electron chi connectivity index (χ3n) is 5.92. The molecule has 0 radical (unpaired) electrons. The van der Waals surface area contributed by atoms with E-state index in [1.54, 1.807) is 54.3 Å². The Morgan fingerprint density at radius 1 is 1.05 bits per heavy atom. The van der Waals surface area contributed by atoms with Crippen molar-refractivity contribution in [2.75, 3.05) is 25.0 Å². The number of morpholine rings is 1. The normalized spacial score (nSPS) is 17.9. The molecule has 1 saturated heterocycles. The van der Waals surface area contributed by atoms with Crippen molar-refractivity contribution in [2.24, 2.45) is 7.05 Å². The van der Waals surface area contributed by atoms with Gasteiger partial charge in [0.05, 0.1) is 17.1 Å². The molecule has 2 heterocycles. The summed E-state index contributed by atoms with van der Waals surface area (Å²) in [6.07, 6.45) is 3.30. The third-order valence-corrected chi connectivity index (χ3v) is 7.77. The first-order chi connectivity index (χ1) is 18.5. The second kappa shape index (κ2) is 12.0. The van der Waals surface area contributed by atoms with Gasteiger partial charge in [-0.05, 0) is 70.2 Å². The topological polar surface area (TPSA) is 112 Å². The Bertz CT molecular complexity index is 1430. The number of nitrogens with zero attached hydrogens (tertiary/aromatic N) is 3. The molecule has 2 aromatic carbocycles. The summed E-state index contributed by atoms with van der Waals surface area (Å²) in [4.78, 5) is 13.1. The number of ether oxygens (including phenoxy) is 3. The fourth-order valence-corrected chi connectivity index (χ4v) is 5.70. The molecule has 4 rings (SSSR count). The Morgan fingerprint density at radius 2 is 1.72 bits per heavy atom. The van der Waals surface area contributed by atoms with Crippen LogP contribution in [0.1, 0.15) is 38.1 Å². The van der Waals surface area contributed by atoms with Gasteiger partial charge in [0.2, 0.25) is 10.0 Å². The molecule has 0 saturated carbocycles. The molecule has 0 unspecified atom stereocenters. The zero-order valence-corrected chi connectivity index (χ0v) is 23.6. The van der Waals surface area contributed by atoms with Crippen LogP contribution in [0, 0.1) is 0 Å². The Hall–Kier alpha value is -3.67. The zero-order chi connectivity index (χ0) is 28.2. The van der Waals surface area contributed by atoms with E-state index in [4.69, 9.17) is 14.2 Å². The standard InChI is InChI=1S/C28H34N4O6S/c1-19(2)11-13-36-24-14-22(28(33)29-27-10-12-31(5)30-27)15-25(16-24)38-23-6-8-26(9-7-23)39(34,35)32-17-20(3)37-21(4)18-32/h6-12,14-16,20-21H,13,17-18H2,1-5H3,(H,29,30,33)/t20-,21+. The molecular formula is C28H34N4O6S. The largest absolute Gasteiger partial charge is 0.489 e. The monoisotopic (exact) mass is 554 g/mol. The van der Waals surface area contributed by atoms with Crippen LogP contribution < -0.4 is 14.8 Å². The van der Waals surface area contributed by atoms with Crippen LogP contribution in [0.3, 0.4) is 0 Å². The molecule has 0 aliphatic carbocycles. The fourth-order valence-electron chi connectivity index (χ4n) is 4.11. The van der Waals surface area contributed by atoms with Crippen LogP contribution in [0.15, 0.2) is 71.3 Å². The van der Waals surface area contributed by atoms with Gasteiger partial charge in [-0.2, -0.15) is 9.40 Å². The van der Waals surface area contributed by atoms with Crippen LogP contribution >= 0.6 is 0 Å². The van der Waals surface area contributed by atoms with E-state index in [0.717, 1.165) is 5.57 Å². The lowest BCUT2D eigenvalue weighted by Gasteiger charge is -2.34. The Morgan fingerprint density at radius 3 is 2.33 bits per heavy atom. The van der Waals surface area contributed by atoms with Gasteiger partial charge in [0, 0.05) is 44.0 Å². The Kier molecular flexibility index (Phi) is 8.73. The molecule has 2 atom stereocenters. The van der Waals surface area contributed by atoms with Crippen LogP contribution in [0.4, 0.5) is 5.82 Å². The molecule has 1 fully saturated rings. The molecule has 1 amide bonds. The van der Waals surface area contributed by atoms with E-state index in [1.165, 1.54) is 16.4 Å². The van der Waals surface area contributed by atoms with Crippen molar-refractivity contribution in [3.63, 3.8) is 0 Å². The van der Waals surface area contributed by atoms with E-state index in [1.807, 2.05) is 33.8 Å². The highest BCUT2D eigenvalue weighted by molar-refractivity contribution is 7.89. The van der Waals surface area contributed by atoms with Crippen LogP contribution in [0.2, 0.25) is 0 Å². The summed E-state index contributed by atoms with van der Waals surface area (Å²) in [5.74, 6) is 1.27. The third kappa shape index (κ3) is 7.47. The summed E-state index contributed by atoms with van der Waals surface area (Å²) < 4.78 is 46.9. The molecule has 1 aliphatic heterocycles. The van der Waals surface area contributed by atoms with E-state index in [2.05, 4.69) is 10.4 Å². The van der Waals surface area contributed by atoms with Gasteiger partial charge in [0.25, 0.3) is 5.91 Å². The van der Waals surface area contributed by atoms with Crippen molar-refractivity contribution in [3.8, 4) is 17.2 Å². The SMILES string of the molecule is CC(C)=CCOc1cc(Oc2ccc(S(=O)(=O)N3C[C@@H](C)O[C@@H](C)C3)cc2)cc(C(=O)Nc2ccn(C)n2)c1. The first-order valence-electron chi connectivity index (χ1n) is 12.7. The van der Waals surface area contributed by atoms with E-state index < -0.39 is 10.0 Å². The number of rotatable bonds is 9. The van der Waals surface area contributed by atoms with Crippen molar-refractivity contribution in [2.45, 2.75) is 44.8 Å². The van der Waals surface area contributed by atoms with Gasteiger partial charge in [-0.15, -0.1) is 0 Å². The molecule has 208 valence electrons. The number of amides is 1. The highest BCUT2D eigenvalue weighted by Gasteiger charge is 2.32. The van der Waals surface area contributed by atoms with Gasteiger partial charge < -0.3 is 19.5 Å². The molecule has 3 aromatic rings. The van der Waals surface area contributed by atoms with Gasteiger partial charge in [-0.25, -0.2) is 8.42 Å². The second-order valence-electron chi connectivity index (χ2n) is 9.77. The van der Waals surface area contributed by atoms with Crippen molar-refractivity contribution in [1.29, 1.82) is 0 Å². The lowest BCUT2D eigenvalue weighted by atomic mass is 10.2. The highest BCUT2D eigenvalue weighted by atomic mass is 32.2. The molecule has 10 nitrogen and oxygen atoms in total. The van der Waals surface area contributed by atoms with Gasteiger partial charge >= 0.3 is 0 Å². The van der Waals surface area contributed by atoms with Crippen LogP contribution in [0.25, 0.3) is 0 Å². The maximum Gasteiger partial charge on any atom is 0.257 e. The molecule has 11 heteroatoms. The van der Waals surface area contributed by atoms with Crippen molar-refractivity contribution in [3.05, 3.63) is 71.9 Å². The molecule has 1 N–H and O–H groups in total. The van der Waals surface area contributed by atoms with Crippen molar-refractivity contribution >= 4 is 21.7 Å². The van der Waals surface area contributed by atoms with Crippen molar-refractivity contribution in [1.82, 2.24) is 14.1 Å². The minimum Gasteiger partial charge on any atom is -0.489 e. The number of aromatic nitrogens is 2. The van der Waals surface area contributed by atoms with Gasteiger partial charge in [0.1, 0.15) is 23.9 Å². The predicted octanol–water partition coefficient (Wildman–Crippen LogP) is 4.61.